The van der Waals surface area contributed by atoms with Crippen molar-refractivity contribution in [2.45, 2.75) is 12.1 Å². The number of aliphatic hydroxyl groups is 1. The number of hydrogen-bond donors (Lipinski definition) is 1. The summed E-state index contributed by atoms with van der Waals surface area (Å²) < 4.78 is 5.20. The molecule has 26 heavy (non-hydrogen) atoms. The summed E-state index contributed by atoms with van der Waals surface area (Å²) in [5, 5.41) is 11.7. The summed E-state index contributed by atoms with van der Waals surface area (Å²) in [6, 6.07) is 24.1. The normalized spacial score (nSPS) is 18.7. The molecule has 0 saturated heterocycles. The molecule has 3 aromatic rings. The molecule has 1 heterocycles. The quantitative estimate of drug-likeness (QED) is 0.784. The average Bonchev–Trinajstić information content (AvgIpc) is 2.90. The van der Waals surface area contributed by atoms with Crippen LogP contribution < -0.4 is 9.64 Å². The summed E-state index contributed by atoms with van der Waals surface area (Å²) in [6.45, 7) is 0. The highest BCUT2D eigenvalue weighted by Crippen LogP contribution is 2.42. The molecule has 0 unspecified atom stereocenters. The van der Waals surface area contributed by atoms with Crippen molar-refractivity contribution in [2.75, 3.05) is 12.0 Å². The van der Waals surface area contributed by atoms with Gasteiger partial charge < -0.3 is 9.84 Å². The maximum atomic E-state index is 13.1. The molecular weight excluding hydrogens is 326 g/mol. The first-order chi connectivity index (χ1) is 12.6. The zero-order chi connectivity index (χ0) is 18.1. The average molecular weight is 345 g/mol. The first-order valence-electron chi connectivity index (χ1n) is 8.48. The van der Waals surface area contributed by atoms with E-state index in [1.807, 2.05) is 48.5 Å². The Balaban J connectivity index is 1.84. The summed E-state index contributed by atoms with van der Waals surface area (Å²) in [5.74, 6) is 0.494. The van der Waals surface area contributed by atoms with Gasteiger partial charge in [0.2, 0.25) is 0 Å². The molecule has 1 amide bonds. The van der Waals surface area contributed by atoms with Gasteiger partial charge in [0.05, 0.1) is 7.11 Å². The molecule has 0 aliphatic carbocycles. The summed E-state index contributed by atoms with van der Waals surface area (Å²) in [6.07, 6.45) is 0.308. The van der Waals surface area contributed by atoms with Gasteiger partial charge in [-0.2, -0.15) is 0 Å². The van der Waals surface area contributed by atoms with Crippen molar-refractivity contribution < 1.29 is 14.6 Å². The van der Waals surface area contributed by atoms with Crippen LogP contribution in [0.1, 0.15) is 21.5 Å². The van der Waals surface area contributed by atoms with Crippen LogP contribution in [0.3, 0.4) is 0 Å². The molecule has 1 N–H and O–H groups in total. The number of hydrogen-bond acceptors (Lipinski definition) is 3. The predicted molar refractivity (Wildman–Crippen MR) is 100 cm³/mol. The highest BCUT2D eigenvalue weighted by molar-refractivity contribution is 6.11. The SMILES string of the molecule is COc1ccc(N2C(=O)c3ccccc3[C@@]2(O)Cc2ccccc2)cc1. The Labute approximate surface area is 152 Å². The van der Waals surface area contributed by atoms with Crippen LogP contribution in [0.5, 0.6) is 5.75 Å². The highest BCUT2D eigenvalue weighted by Gasteiger charge is 2.49. The van der Waals surface area contributed by atoms with E-state index in [1.54, 1.807) is 37.4 Å². The van der Waals surface area contributed by atoms with Gasteiger partial charge in [0, 0.05) is 23.2 Å². The molecule has 4 rings (SSSR count). The van der Waals surface area contributed by atoms with Crippen LogP contribution in [0.4, 0.5) is 5.69 Å². The largest absolute Gasteiger partial charge is 0.497 e. The monoisotopic (exact) mass is 345 g/mol. The number of carbonyl (C=O) groups excluding carboxylic acids is 1. The second-order valence-corrected chi connectivity index (χ2v) is 6.36. The van der Waals surface area contributed by atoms with E-state index in [-0.39, 0.29) is 5.91 Å². The second kappa shape index (κ2) is 6.32. The number of amides is 1. The maximum Gasteiger partial charge on any atom is 0.261 e. The minimum atomic E-state index is -1.44. The van der Waals surface area contributed by atoms with Crippen LogP contribution in [-0.2, 0) is 12.1 Å². The molecule has 4 nitrogen and oxygen atoms in total. The molecule has 1 aliphatic heterocycles. The first-order valence-corrected chi connectivity index (χ1v) is 8.48. The first kappa shape index (κ1) is 16.4. The second-order valence-electron chi connectivity index (χ2n) is 6.36. The Morgan fingerprint density at radius 1 is 0.923 bits per heavy atom. The number of rotatable bonds is 4. The van der Waals surface area contributed by atoms with Gasteiger partial charge >= 0.3 is 0 Å². The molecule has 0 bridgehead atoms. The third kappa shape index (κ3) is 2.55. The third-order valence-electron chi connectivity index (χ3n) is 4.79. The lowest BCUT2D eigenvalue weighted by molar-refractivity contribution is 0.0395. The van der Waals surface area contributed by atoms with E-state index >= 15 is 0 Å². The molecule has 0 aromatic heterocycles. The van der Waals surface area contributed by atoms with Gasteiger partial charge in [-0.1, -0.05) is 48.5 Å². The lowest BCUT2D eigenvalue weighted by atomic mass is 9.94. The summed E-state index contributed by atoms with van der Waals surface area (Å²) in [4.78, 5) is 14.6. The molecule has 0 radical (unpaired) electrons. The van der Waals surface area contributed by atoms with Gasteiger partial charge in [-0.15, -0.1) is 0 Å². The standard InChI is InChI=1S/C22H19NO3/c1-26-18-13-11-17(12-14-18)23-21(24)19-9-5-6-10-20(19)22(23,25)15-16-7-3-2-4-8-16/h2-14,25H,15H2,1H3/t22-/m0/s1. The lowest BCUT2D eigenvalue weighted by Gasteiger charge is -2.34. The third-order valence-corrected chi connectivity index (χ3v) is 4.79. The van der Waals surface area contributed by atoms with E-state index in [0.717, 1.165) is 5.56 Å². The van der Waals surface area contributed by atoms with Crippen LogP contribution >= 0.6 is 0 Å². The van der Waals surface area contributed by atoms with Crippen molar-refractivity contribution in [1.82, 2.24) is 0 Å². The van der Waals surface area contributed by atoms with Gasteiger partial charge in [0.1, 0.15) is 5.75 Å². The molecule has 3 aromatic carbocycles. The van der Waals surface area contributed by atoms with Crippen LogP contribution in [0.2, 0.25) is 0 Å². The van der Waals surface area contributed by atoms with Crippen LogP contribution in [-0.4, -0.2) is 18.1 Å². The summed E-state index contributed by atoms with van der Waals surface area (Å²) >= 11 is 0. The minimum Gasteiger partial charge on any atom is -0.497 e. The zero-order valence-corrected chi connectivity index (χ0v) is 14.4. The number of nitrogens with zero attached hydrogens (tertiary/aromatic N) is 1. The van der Waals surface area contributed by atoms with Crippen molar-refractivity contribution in [3.05, 3.63) is 95.6 Å². The predicted octanol–water partition coefficient (Wildman–Crippen LogP) is 3.74. The van der Waals surface area contributed by atoms with Gasteiger partial charge in [-0.25, -0.2) is 0 Å². The number of anilines is 1. The van der Waals surface area contributed by atoms with E-state index < -0.39 is 5.72 Å². The fourth-order valence-corrected chi connectivity index (χ4v) is 3.54. The van der Waals surface area contributed by atoms with Crippen molar-refractivity contribution in [3.8, 4) is 5.75 Å². The molecule has 0 fully saturated rings. The van der Waals surface area contributed by atoms with Gasteiger partial charge in [-0.05, 0) is 35.9 Å². The van der Waals surface area contributed by atoms with E-state index in [4.69, 9.17) is 4.74 Å². The van der Waals surface area contributed by atoms with Gasteiger partial charge in [-0.3, -0.25) is 9.69 Å². The van der Waals surface area contributed by atoms with Crippen LogP contribution in [0.15, 0.2) is 78.9 Å². The lowest BCUT2D eigenvalue weighted by Crippen LogP contribution is -2.45. The smallest absolute Gasteiger partial charge is 0.261 e. The Morgan fingerprint density at radius 2 is 1.58 bits per heavy atom. The number of ether oxygens (including phenoxy) is 1. The molecule has 1 atom stereocenters. The number of methoxy groups -OCH3 is 1. The molecule has 130 valence electrons. The Kier molecular flexibility index (Phi) is 3.98. The van der Waals surface area contributed by atoms with E-state index in [2.05, 4.69) is 0 Å². The fourth-order valence-electron chi connectivity index (χ4n) is 3.54. The molecule has 0 spiro atoms. The fraction of sp³-hybridized carbons (Fsp3) is 0.136. The van der Waals surface area contributed by atoms with Crippen molar-refractivity contribution in [2.24, 2.45) is 0 Å². The van der Waals surface area contributed by atoms with Gasteiger partial charge in [0.15, 0.2) is 5.72 Å². The van der Waals surface area contributed by atoms with Crippen molar-refractivity contribution in [1.29, 1.82) is 0 Å². The Morgan fingerprint density at radius 3 is 2.27 bits per heavy atom. The van der Waals surface area contributed by atoms with Crippen molar-refractivity contribution in [3.63, 3.8) is 0 Å². The molecular formula is C22H19NO3. The summed E-state index contributed by atoms with van der Waals surface area (Å²) in [5.41, 5.74) is 1.30. The van der Waals surface area contributed by atoms with Crippen LogP contribution in [0, 0.1) is 0 Å². The van der Waals surface area contributed by atoms with Crippen LogP contribution in [0.25, 0.3) is 0 Å². The number of carbonyl (C=O) groups is 1. The minimum absolute atomic E-state index is 0.204. The maximum absolute atomic E-state index is 13.1. The highest BCUT2D eigenvalue weighted by atomic mass is 16.5. The van der Waals surface area contributed by atoms with Crippen molar-refractivity contribution >= 4 is 11.6 Å². The number of benzene rings is 3. The van der Waals surface area contributed by atoms with Gasteiger partial charge in [0.25, 0.3) is 5.91 Å². The summed E-state index contributed by atoms with van der Waals surface area (Å²) in [7, 11) is 1.59. The van der Waals surface area contributed by atoms with E-state index in [9.17, 15) is 9.90 Å². The Bertz CT molecular complexity index is 937. The molecule has 4 heteroatoms. The zero-order valence-electron chi connectivity index (χ0n) is 14.4. The molecule has 1 aliphatic rings. The topological polar surface area (TPSA) is 49.8 Å². The Hall–Kier alpha value is -3.11. The molecule has 0 saturated carbocycles. The van der Waals surface area contributed by atoms with E-state index in [0.29, 0.717) is 29.0 Å². The van der Waals surface area contributed by atoms with E-state index in [1.165, 1.54) is 4.90 Å². The number of fused-ring (bicyclic) bond motifs is 1.